The van der Waals surface area contributed by atoms with Crippen LogP contribution in [0, 0.1) is 11.3 Å². The maximum absolute atomic E-state index is 11.8. The smallest absolute Gasteiger partial charge is 0.324 e. The van der Waals surface area contributed by atoms with E-state index >= 15 is 0 Å². The van der Waals surface area contributed by atoms with Gasteiger partial charge in [0.05, 0.1) is 17.4 Å². The van der Waals surface area contributed by atoms with E-state index in [1.165, 1.54) is 38.1 Å². The van der Waals surface area contributed by atoms with Gasteiger partial charge in [-0.15, -0.1) is 0 Å². The second-order valence-electron chi connectivity index (χ2n) is 4.60. The largest absolute Gasteiger partial charge is 0.480 e. The SMILES string of the molecule is CC(C)(NS(=O)(=O)Cc1ccc(C#N)cc1)C(=O)O. The highest BCUT2D eigenvalue weighted by Crippen LogP contribution is 2.11. The van der Waals surface area contributed by atoms with Crippen molar-refractivity contribution >= 4 is 16.0 Å². The third-order valence-electron chi connectivity index (χ3n) is 2.39. The fourth-order valence-electron chi connectivity index (χ4n) is 1.36. The maximum Gasteiger partial charge on any atom is 0.324 e. The van der Waals surface area contributed by atoms with Crippen LogP contribution in [0.5, 0.6) is 0 Å². The topological polar surface area (TPSA) is 107 Å². The predicted molar refractivity (Wildman–Crippen MR) is 68.6 cm³/mol. The molecule has 0 bridgehead atoms. The van der Waals surface area contributed by atoms with E-state index in [4.69, 9.17) is 10.4 Å². The number of carbonyl (C=O) groups is 1. The van der Waals surface area contributed by atoms with Crippen LogP contribution in [-0.2, 0) is 20.6 Å². The fourth-order valence-corrected chi connectivity index (χ4v) is 2.93. The number of hydrogen-bond acceptors (Lipinski definition) is 4. The highest BCUT2D eigenvalue weighted by molar-refractivity contribution is 7.88. The predicted octanol–water partition coefficient (Wildman–Crippen LogP) is 0.841. The van der Waals surface area contributed by atoms with E-state index in [-0.39, 0.29) is 5.75 Å². The molecule has 0 saturated heterocycles. The summed E-state index contributed by atoms with van der Waals surface area (Å²) in [6.07, 6.45) is 0. The van der Waals surface area contributed by atoms with Gasteiger partial charge in [0, 0.05) is 0 Å². The van der Waals surface area contributed by atoms with Crippen LogP contribution in [0.25, 0.3) is 0 Å². The molecular formula is C12H14N2O4S. The summed E-state index contributed by atoms with van der Waals surface area (Å²) in [6, 6.07) is 7.98. The average molecular weight is 282 g/mol. The molecule has 1 rings (SSSR count). The van der Waals surface area contributed by atoms with E-state index in [2.05, 4.69) is 4.72 Å². The van der Waals surface area contributed by atoms with Gasteiger partial charge in [0.25, 0.3) is 0 Å². The van der Waals surface area contributed by atoms with E-state index in [0.29, 0.717) is 11.1 Å². The Labute approximate surface area is 111 Å². The van der Waals surface area contributed by atoms with E-state index in [1.807, 2.05) is 6.07 Å². The molecule has 0 heterocycles. The molecule has 1 aromatic rings. The third kappa shape index (κ3) is 4.35. The van der Waals surface area contributed by atoms with Gasteiger partial charge in [-0.1, -0.05) is 12.1 Å². The molecule has 0 aliphatic carbocycles. The maximum atomic E-state index is 11.8. The van der Waals surface area contributed by atoms with E-state index in [9.17, 15) is 13.2 Å². The highest BCUT2D eigenvalue weighted by Gasteiger charge is 2.32. The van der Waals surface area contributed by atoms with Crippen molar-refractivity contribution in [1.82, 2.24) is 4.72 Å². The van der Waals surface area contributed by atoms with Gasteiger partial charge in [-0.3, -0.25) is 4.79 Å². The lowest BCUT2D eigenvalue weighted by atomic mass is 10.1. The van der Waals surface area contributed by atoms with Gasteiger partial charge in [0.1, 0.15) is 5.54 Å². The van der Waals surface area contributed by atoms with Crippen LogP contribution >= 0.6 is 0 Å². The van der Waals surface area contributed by atoms with Crippen molar-refractivity contribution < 1.29 is 18.3 Å². The number of hydrogen-bond donors (Lipinski definition) is 2. The molecule has 0 aliphatic heterocycles. The monoisotopic (exact) mass is 282 g/mol. The van der Waals surface area contributed by atoms with E-state index in [0.717, 1.165) is 0 Å². The van der Waals surface area contributed by atoms with Crippen LogP contribution in [-0.4, -0.2) is 25.0 Å². The molecule has 0 radical (unpaired) electrons. The van der Waals surface area contributed by atoms with E-state index < -0.39 is 21.5 Å². The van der Waals surface area contributed by atoms with Crippen LogP contribution < -0.4 is 4.72 Å². The van der Waals surface area contributed by atoms with Crippen LogP contribution in [0.15, 0.2) is 24.3 Å². The molecule has 0 aliphatic rings. The van der Waals surface area contributed by atoms with Gasteiger partial charge in [-0.25, -0.2) is 8.42 Å². The van der Waals surface area contributed by atoms with Crippen LogP contribution in [0.4, 0.5) is 0 Å². The molecule has 19 heavy (non-hydrogen) atoms. The fraction of sp³-hybridized carbons (Fsp3) is 0.333. The molecule has 6 nitrogen and oxygen atoms in total. The first-order chi connectivity index (χ1) is 8.66. The summed E-state index contributed by atoms with van der Waals surface area (Å²) in [6.45, 7) is 2.54. The number of nitrogens with one attached hydrogen (secondary N) is 1. The lowest BCUT2D eigenvalue weighted by Gasteiger charge is -2.20. The van der Waals surface area contributed by atoms with Crippen LogP contribution in [0.2, 0.25) is 0 Å². The number of carboxylic acid groups (broad SMARTS) is 1. The van der Waals surface area contributed by atoms with E-state index in [1.54, 1.807) is 0 Å². The molecule has 1 aromatic carbocycles. The van der Waals surface area contributed by atoms with Gasteiger partial charge in [0.15, 0.2) is 0 Å². The van der Waals surface area contributed by atoms with Gasteiger partial charge in [-0.2, -0.15) is 9.98 Å². The third-order valence-corrected chi connectivity index (χ3v) is 3.92. The number of rotatable bonds is 5. The second-order valence-corrected chi connectivity index (χ2v) is 6.32. The Morgan fingerprint density at radius 3 is 2.32 bits per heavy atom. The molecule has 0 amide bonds. The number of sulfonamides is 1. The Morgan fingerprint density at radius 1 is 1.37 bits per heavy atom. The number of aliphatic carboxylic acids is 1. The lowest BCUT2D eigenvalue weighted by Crippen LogP contribution is -2.49. The second kappa shape index (κ2) is 5.38. The first-order valence-corrected chi connectivity index (χ1v) is 7.05. The molecule has 0 fully saturated rings. The summed E-state index contributed by atoms with van der Waals surface area (Å²) in [5.41, 5.74) is -0.654. The Kier molecular flexibility index (Phi) is 4.29. The molecule has 0 saturated carbocycles. The Balaban J connectivity index is 2.85. The Morgan fingerprint density at radius 2 is 1.89 bits per heavy atom. The molecule has 102 valence electrons. The molecule has 0 unspecified atom stereocenters. The van der Waals surface area contributed by atoms with Crippen molar-refractivity contribution in [2.45, 2.75) is 25.1 Å². The summed E-state index contributed by atoms with van der Waals surface area (Å²) in [5, 5.41) is 17.5. The minimum absolute atomic E-state index is 0.338. The molecule has 0 atom stereocenters. The van der Waals surface area contributed by atoms with Gasteiger partial charge in [-0.05, 0) is 31.5 Å². The van der Waals surface area contributed by atoms with Crippen LogP contribution in [0.1, 0.15) is 25.0 Å². The summed E-state index contributed by atoms with van der Waals surface area (Å²) in [5.74, 6) is -1.59. The van der Waals surface area contributed by atoms with Crippen molar-refractivity contribution in [2.24, 2.45) is 0 Å². The molecular weight excluding hydrogens is 268 g/mol. The van der Waals surface area contributed by atoms with Gasteiger partial charge < -0.3 is 5.11 Å². The lowest BCUT2D eigenvalue weighted by molar-refractivity contribution is -0.142. The summed E-state index contributed by atoms with van der Waals surface area (Å²) in [4.78, 5) is 10.9. The van der Waals surface area contributed by atoms with Crippen LogP contribution in [0.3, 0.4) is 0 Å². The quantitative estimate of drug-likeness (QED) is 0.832. The Hall–Kier alpha value is -1.91. The minimum Gasteiger partial charge on any atom is -0.480 e. The molecule has 0 spiro atoms. The summed E-state index contributed by atoms with van der Waals surface area (Å²) in [7, 11) is -3.77. The average Bonchev–Trinajstić information content (AvgIpc) is 2.27. The van der Waals surface area contributed by atoms with Crippen molar-refractivity contribution in [3.8, 4) is 6.07 Å². The number of nitrogens with zero attached hydrogens (tertiary/aromatic N) is 1. The molecule has 2 N–H and O–H groups in total. The van der Waals surface area contributed by atoms with Crippen molar-refractivity contribution in [3.05, 3.63) is 35.4 Å². The van der Waals surface area contributed by atoms with Gasteiger partial charge in [0.2, 0.25) is 10.0 Å². The first kappa shape index (κ1) is 15.1. The number of benzene rings is 1. The zero-order valence-electron chi connectivity index (χ0n) is 10.5. The number of carboxylic acids is 1. The normalized spacial score (nSPS) is 11.8. The first-order valence-electron chi connectivity index (χ1n) is 5.40. The van der Waals surface area contributed by atoms with Crippen molar-refractivity contribution in [2.75, 3.05) is 0 Å². The standard InChI is InChI=1S/C12H14N2O4S/c1-12(2,11(15)16)14-19(17,18)8-10-5-3-9(7-13)4-6-10/h3-6,14H,8H2,1-2H3,(H,15,16). The van der Waals surface area contributed by atoms with Crippen molar-refractivity contribution in [1.29, 1.82) is 5.26 Å². The van der Waals surface area contributed by atoms with Gasteiger partial charge >= 0.3 is 5.97 Å². The number of nitriles is 1. The zero-order chi connectivity index (χ0) is 14.7. The molecule has 7 heteroatoms. The minimum atomic E-state index is -3.77. The summed E-state index contributed by atoms with van der Waals surface area (Å²) >= 11 is 0. The molecule has 0 aromatic heterocycles. The summed E-state index contributed by atoms with van der Waals surface area (Å²) < 4.78 is 25.8. The Bertz CT molecular complexity index is 612. The zero-order valence-corrected chi connectivity index (χ0v) is 11.4. The highest BCUT2D eigenvalue weighted by atomic mass is 32.2. The van der Waals surface area contributed by atoms with Crippen molar-refractivity contribution in [3.63, 3.8) is 0 Å².